The van der Waals surface area contributed by atoms with Gasteiger partial charge in [-0.15, -0.1) is 0 Å². The summed E-state index contributed by atoms with van der Waals surface area (Å²) in [4.78, 5) is 0.0338. The van der Waals surface area contributed by atoms with Crippen LogP contribution in [0.3, 0.4) is 0 Å². The average molecular weight is 237 g/mol. The maximum atomic E-state index is 12.1. The standard InChI is InChI=1S/C9H10F3NOS/c10-9(11,12)15-8-4-2-1-3-6(8)7(13)5-14/h1-4,7,14H,5,13H2. The van der Waals surface area contributed by atoms with Gasteiger partial charge in [0, 0.05) is 4.90 Å². The van der Waals surface area contributed by atoms with Crippen LogP contribution in [-0.2, 0) is 0 Å². The fraction of sp³-hybridized carbons (Fsp3) is 0.333. The Labute approximate surface area is 89.3 Å². The summed E-state index contributed by atoms with van der Waals surface area (Å²) in [6, 6.07) is 5.13. The van der Waals surface area contributed by atoms with Crippen LogP contribution < -0.4 is 5.73 Å². The molecule has 0 amide bonds. The first-order chi connectivity index (χ1) is 6.94. The zero-order valence-electron chi connectivity index (χ0n) is 7.66. The van der Waals surface area contributed by atoms with E-state index in [0.29, 0.717) is 5.56 Å². The van der Waals surface area contributed by atoms with E-state index in [9.17, 15) is 13.2 Å². The van der Waals surface area contributed by atoms with E-state index in [1.165, 1.54) is 18.2 Å². The van der Waals surface area contributed by atoms with E-state index in [1.54, 1.807) is 6.07 Å². The largest absolute Gasteiger partial charge is 0.446 e. The molecule has 3 N–H and O–H groups in total. The van der Waals surface area contributed by atoms with Crippen molar-refractivity contribution < 1.29 is 18.3 Å². The van der Waals surface area contributed by atoms with Gasteiger partial charge >= 0.3 is 5.51 Å². The van der Waals surface area contributed by atoms with Crippen molar-refractivity contribution in [2.45, 2.75) is 16.4 Å². The average Bonchev–Trinajstić information content (AvgIpc) is 2.15. The first-order valence-corrected chi connectivity index (χ1v) is 4.97. The SMILES string of the molecule is NC(CO)c1ccccc1SC(F)(F)F. The maximum Gasteiger partial charge on any atom is 0.446 e. The highest BCUT2D eigenvalue weighted by atomic mass is 32.2. The third kappa shape index (κ3) is 3.73. The second kappa shape index (κ2) is 4.87. The Morgan fingerprint density at radius 3 is 2.47 bits per heavy atom. The van der Waals surface area contributed by atoms with Crippen LogP contribution in [-0.4, -0.2) is 17.2 Å². The molecule has 1 aromatic rings. The molecule has 6 heteroatoms. The molecule has 84 valence electrons. The Kier molecular flexibility index (Phi) is 4.01. The van der Waals surface area contributed by atoms with Crippen molar-refractivity contribution in [3.63, 3.8) is 0 Å². The van der Waals surface area contributed by atoms with Gasteiger partial charge in [0.25, 0.3) is 0 Å². The van der Waals surface area contributed by atoms with Crippen LogP contribution in [0.25, 0.3) is 0 Å². The molecule has 15 heavy (non-hydrogen) atoms. The number of benzene rings is 1. The number of rotatable bonds is 3. The van der Waals surface area contributed by atoms with Crippen molar-refractivity contribution in [3.05, 3.63) is 29.8 Å². The monoisotopic (exact) mass is 237 g/mol. The van der Waals surface area contributed by atoms with Crippen molar-refractivity contribution in [2.75, 3.05) is 6.61 Å². The van der Waals surface area contributed by atoms with Crippen LogP contribution in [0.5, 0.6) is 0 Å². The van der Waals surface area contributed by atoms with E-state index in [-0.39, 0.29) is 23.3 Å². The molecule has 0 bridgehead atoms. The van der Waals surface area contributed by atoms with Gasteiger partial charge in [0.15, 0.2) is 0 Å². The summed E-state index contributed by atoms with van der Waals surface area (Å²) in [5, 5.41) is 8.80. The van der Waals surface area contributed by atoms with Crippen LogP contribution in [0.4, 0.5) is 13.2 Å². The van der Waals surface area contributed by atoms with Gasteiger partial charge in [-0.1, -0.05) is 18.2 Å². The number of hydrogen-bond acceptors (Lipinski definition) is 3. The summed E-state index contributed by atoms with van der Waals surface area (Å²) in [6.07, 6.45) is 0. The summed E-state index contributed by atoms with van der Waals surface area (Å²) in [5.74, 6) is 0. The number of aliphatic hydroxyl groups is 1. The highest BCUT2D eigenvalue weighted by Gasteiger charge is 2.30. The zero-order valence-corrected chi connectivity index (χ0v) is 8.48. The van der Waals surface area contributed by atoms with Crippen molar-refractivity contribution >= 4 is 11.8 Å². The number of halogens is 3. The van der Waals surface area contributed by atoms with E-state index < -0.39 is 11.6 Å². The summed E-state index contributed by atoms with van der Waals surface area (Å²) in [5.41, 5.74) is 1.45. The van der Waals surface area contributed by atoms with Gasteiger partial charge in [-0.05, 0) is 23.4 Å². The molecule has 0 spiro atoms. The van der Waals surface area contributed by atoms with Crippen molar-refractivity contribution in [2.24, 2.45) is 5.73 Å². The van der Waals surface area contributed by atoms with Crippen LogP contribution in [0, 0.1) is 0 Å². The van der Waals surface area contributed by atoms with Gasteiger partial charge in [0.05, 0.1) is 12.6 Å². The molecule has 1 atom stereocenters. The van der Waals surface area contributed by atoms with Crippen LogP contribution in [0.15, 0.2) is 29.2 Å². The van der Waals surface area contributed by atoms with Gasteiger partial charge in [-0.3, -0.25) is 0 Å². The van der Waals surface area contributed by atoms with E-state index in [4.69, 9.17) is 10.8 Å². The first kappa shape index (κ1) is 12.4. The molecule has 0 fully saturated rings. The second-order valence-corrected chi connectivity index (χ2v) is 3.98. The molecule has 0 aliphatic carbocycles. The lowest BCUT2D eigenvalue weighted by molar-refractivity contribution is -0.0328. The summed E-state index contributed by atoms with van der Waals surface area (Å²) in [7, 11) is 0. The minimum Gasteiger partial charge on any atom is -0.394 e. The topological polar surface area (TPSA) is 46.2 Å². The Morgan fingerprint density at radius 2 is 1.93 bits per heavy atom. The Bertz CT molecular complexity index is 329. The number of aliphatic hydroxyl groups excluding tert-OH is 1. The molecule has 1 unspecified atom stereocenters. The number of alkyl halides is 3. The molecule has 0 radical (unpaired) electrons. The molecule has 0 saturated heterocycles. The summed E-state index contributed by atoms with van der Waals surface area (Å²) in [6.45, 7) is -0.380. The molecular weight excluding hydrogens is 227 g/mol. The van der Waals surface area contributed by atoms with E-state index in [2.05, 4.69) is 0 Å². The highest BCUT2D eigenvalue weighted by Crippen LogP contribution is 2.39. The smallest absolute Gasteiger partial charge is 0.394 e. The molecular formula is C9H10F3NOS. The lowest BCUT2D eigenvalue weighted by Crippen LogP contribution is -2.16. The number of nitrogens with two attached hydrogens (primary N) is 1. The maximum absolute atomic E-state index is 12.1. The van der Waals surface area contributed by atoms with Crippen LogP contribution in [0.2, 0.25) is 0 Å². The quantitative estimate of drug-likeness (QED) is 0.793. The van der Waals surface area contributed by atoms with Crippen molar-refractivity contribution in [1.82, 2.24) is 0 Å². The van der Waals surface area contributed by atoms with Crippen LogP contribution in [0.1, 0.15) is 11.6 Å². The van der Waals surface area contributed by atoms with Gasteiger partial charge in [-0.25, -0.2) is 0 Å². The number of thioether (sulfide) groups is 1. The lowest BCUT2D eigenvalue weighted by Gasteiger charge is -2.14. The number of hydrogen-bond donors (Lipinski definition) is 2. The molecule has 2 nitrogen and oxygen atoms in total. The normalized spacial score (nSPS) is 13.9. The fourth-order valence-corrected chi connectivity index (χ4v) is 1.84. The predicted molar refractivity (Wildman–Crippen MR) is 52.4 cm³/mol. The molecule has 0 heterocycles. The molecule has 1 rings (SSSR count). The molecule has 1 aromatic carbocycles. The van der Waals surface area contributed by atoms with Gasteiger partial charge in [0.2, 0.25) is 0 Å². The predicted octanol–water partition coefficient (Wildman–Crippen LogP) is 2.29. The molecule has 0 aliphatic heterocycles. The van der Waals surface area contributed by atoms with E-state index in [0.717, 1.165) is 0 Å². The van der Waals surface area contributed by atoms with E-state index >= 15 is 0 Å². The lowest BCUT2D eigenvalue weighted by atomic mass is 10.1. The second-order valence-electron chi connectivity index (χ2n) is 2.87. The van der Waals surface area contributed by atoms with E-state index in [1.807, 2.05) is 0 Å². The third-order valence-electron chi connectivity index (χ3n) is 1.74. The van der Waals surface area contributed by atoms with Gasteiger partial charge in [0.1, 0.15) is 0 Å². The van der Waals surface area contributed by atoms with Gasteiger partial charge < -0.3 is 10.8 Å². The van der Waals surface area contributed by atoms with Crippen molar-refractivity contribution in [3.8, 4) is 0 Å². The van der Waals surface area contributed by atoms with Crippen LogP contribution >= 0.6 is 11.8 Å². The molecule has 0 aromatic heterocycles. The highest BCUT2D eigenvalue weighted by molar-refractivity contribution is 8.00. The van der Waals surface area contributed by atoms with Crippen molar-refractivity contribution in [1.29, 1.82) is 0 Å². The Morgan fingerprint density at radius 1 is 1.33 bits per heavy atom. The Balaban J connectivity index is 2.96. The zero-order chi connectivity index (χ0) is 11.5. The third-order valence-corrected chi connectivity index (χ3v) is 2.56. The minimum absolute atomic E-state index is 0.0338. The minimum atomic E-state index is -4.34. The molecule has 0 saturated carbocycles. The fourth-order valence-electron chi connectivity index (χ4n) is 1.10. The summed E-state index contributed by atoms with van der Waals surface area (Å²) < 4.78 is 36.4. The Hall–Kier alpha value is -0.720. The first-order valence-electron chi connectivity index (χ1n) is 4.15. The molecule has 0 aliphatic rings. The van der Waals surface area contributed by atoms with Gasteiger partial charge in [-0.2, -0.15) is 13.2 Å². The summed E-state index contributed by atoms with van der Waals surface area (Å²) >= 11 is -0.220.